The molecule has 0 spiro atoms. The van der Waals surface area contributed by atoms with Gasteiger partial charge in [0.05, 0.1) is 16.4 Å². The van der Waals surface area contributed by atoms with Gasteiger partial charge in [0.2, 0.25) is 0 Å². The third-order valence-corrected chi connectivity index (χ3v) is 7.35. The Hall–Kier alpha value is -1.24. The van der Waals surface area contributed by atoms with E-state index in [2.05, 4.69) is 42.5 Å². The van der Waals surface area contributed by atoms with Crippen LogP contribution in [-0.2, 0) is 19.5 Å². The van der Waals surface area contributed by atoms with E-state index in [0.717, 1.165) is 77.0 Å². The molecule has 2 fully saturated rings. The molecule has 0 atom stereocenters. The van der Waals surface area contributed by atoms with Crippen molar-refractivity contribution in [3.05, 3.63) is 34.1 Å². The van der Waals surface area contributed by atoms with Crippen molar-refractivity contribution in [1.82, 2.24) is 30.2 Å². The predicted molar refractivity (Wildman–Crippen MR) is 140 cm³/mol. The smallest absolute Gasteiger partial charge is 0.193 e. The average molecular weight is 574 g/mol. The molecule has 0 aromatic carbocycles. The lowest BCUT2D eigenvalue weighted by Gasteiger charge is -2.37. The summed E-state index contributed by atoms with van der Waals surface area (Å²) in [6, 6.07) is 1.94. The molecule has 0 bridgehead atoms. The molecule has 2 saturated heterocycles. The lowest BCUT2D eigenvalue weighted by molar-refractivity contribution is 0.164. The summed E-state index contributed by atoms with van der Waals surface area (Å²) >= 11 is 1.79. The molecule has 0 saturated carbocycles. The summed E-state index contributed by atoms with van der Waals surface area (Å²) in [4.78, 5) is 16.6. The highest BCUT2D eigenvalue weighted by atomic mass is 127. The first-order valence-corrected chi connectivity index (χ1v) is 12.3. The van der Waals surface area contributed by atoms with Gasteiger partial charge in [-0.2, -0.15) is 0 Å². The zero-order valence-electron chi connectivity index (χ0n) is 19.2. The van der Waals surface area contributed by atoms with Crippen molar-refractivity contribution in [2.75, 3.05) is 52.9 Å². The van der Waals surface area contributed by atoms with Gasteiger partial charge in [-0.3, -0.25) is 14.8 Å². The minimum atomic E-state index is 0. The number of guanidine groups is 1. The largest absolute Gasteiger partial charge is 0.364 e. The molecule has 4 rings (SSSR count). The highest BCUT2D eigenvalue weighted by Crippen LogP contribution is 2.20. The maximum Gasteiger partial charge on any atom is 0.193 e. The van der Waals surface area contributed by atoms with Crippen LogP contribution in [0.15, 0.2) is 27.2 Å². The molecule has 32 heavy (non-hydrogen) atoms. The van der Waals surface area contributed by atoms with Crippen molar-refractivity contribution >= 4 is 41.3 Å². The summed E-state index contributed by atoms with van der Waals surface area (Å²) in [7, 11) is 1.89. The fourth-order valence-corrected chi connectivity index (χ4v) is 5.13. The number of halogens is 1. The number of aryl methyl sites for hydroxylation is 1. The Bertz CT molecular complexity index is 812. The quantitative estimate of drug-likeness (QED) is 0.310. The van der Waals surface area contributed by atoms with Crippen molar-refractivity contribution in [3.63, 3.8) is 0 Å². The number of nitrogens with one attached hydrogen (secondary N) is 1. The van der Waals surface area contributed by atoms with Gasteiger partial charge in [0, 0.05) is 64.3 Å². The van der Waals surface area contributed by atoms with E-state index in [4.69, 9.17) is 9.51 Å². The lowest BCUT2D eigenvalue weighted by atomic mass is 9.97. The summed E-state index contributed by atoms with van der Waals surface area (Å²) in [6.45, 7) is 11.4. The highest BCUT2D eigenvalue weighted by Gasteiger charge is 2.23. The van der Waals surface area contributed by atoms with Crippen molar-refractivity contribution in [3.8, 4) is 0 Å². The second kappa shape index (κ2) is 12.9. The Labute approximate surface area is 212 Å². The van der Waals surface area contributed by atoms with Gasteiger partial charge >= 0.3 is 0 Å². The fraction of sp³-hybridized carbons (Fsp3) is 0.682. The third kappa shape index (κ3) is 7.13. The highest BCUT2D eigenvalue weighted by molar-refractivity contribution is 14.0. The Morgan fingerprint density at radius 3 is 2.47 bits per heavy atom. The molecule has 1 N–H and O–H groups in total. The lowest BCUT2D eigenvalue weighted by Crippen LogP contribution is -2.53. The van der Waals surface area contributed by atoms with Gasteiger partial charge in [-0.25, -0.2) is 4.98 Å². The molecule has 0 radical (unpaired) electrons. The van der Waals surface area contributed by atoms with Gasteiger partial charge in [-0.1, -0.05) is 12.1 Å². The van der Waals surface area contributed by atoms with Gasteiger partial charge in [-0.05, 0) is 38.3 Å². The summed E-state index contributed by atoms with van der Waals surface area (Å²) in [5.74, 6) is 1.75. The van der Waals surface area contributed by atoms with E-state index >= 15 is 0 Å². The molecule has 10 heteroatoms. The average Bonchev–Trinajstić information content (AvgIpc) is 3.48. The van der Waals surface area contributed by atoms with E-state index in [9.17, 15) is 0 Å². The molecule has 178 valence electrons. The third-order valence-electron chi connectivity index (χ3n) is 6.30. The van der Waals surface area contributed by atoms with E-state index in [1.165, 1.54) is 23.5 Å². The van der Waals surface area contributed by atoms with Crippen LogP contribution in [0.4, 0.5) is 0 Å². The molecular formula is C22H36IN7OS. The molecule has 2 aromatic rings. The van der Waals surface area contributed by atoms with E-state index in [1.54, 1.807) is 17.6 Å². The van der Waals surface area contributed by atoms with Crippen LogP contribution in [-0.4, -0.2) is 83.7 Å². The molecule has 2 aliphatic rings. The van der Waals surface area contributed by atoms with Gasteiger partial charge in [0.15, 0.2) is 5.96 Å². The number of thiazole rings is 1. The number of aliphatic imine (C=N–C) groups is 1. The van der Waals surface area contributed by atoms with Crippen LogP contribution < -0.4 is 5.32 Å². The van der Waals surface area contributed by atoms with Gasteiger partial charge in [0.1, 0.15) is 6.26 Å². The van der Waals surface area contributed by atoms with Crippen molar-refractivity contribution in [1.29, 1.82) is 0 Å². The molecule has 4 heterocycles. The SMILES string of the molecule is CCc1nc(CN2CCC(CNC(=NC)N3CCN(Cc4ccon4)CC3)CC2)cs1.I. The number of likely N-dealkylation sites (tertiary alicyclic amines) is 1. The molecule has 2 aromatic heterocycles. The van der Waals surface area contributed by atoms with Crippen LogP contribution in [0.1, 0.15) is 36.2 Å². The molecule has 0 aliphatic carbocycles. The summed E-state index contributed by atoms with van der Waals surface area (Å²) in [6.07, 6.45) is 5.15. The fourth-order valence-electron chi connectivity index (χ4n) is 4.40. The summed E-state index contributed by atoms with van der Waals surface area (Å²) in [5, 5.41) is 11.1. The van der Waals surface area contributed by atoms with Gasteiger partial charge in [-0.15, -0.1) is 35.3 Å². The van der Waals surface area contributed by atoms with Crippen LogP contribution in [0.5, 0.6) is 0 Å². The van der Waals surface area contributed by atoms with E-state index < -0.39 is 0 Å². The first-order chi connectivity index (χ1) is 15.2. The van der Waals surface area contributed by atoms with Crippen molar-refractivity contribution in [2.45, 2.75) is 39.3 Å². The number of nitrogens with zero attached hydrogens (tertiary/aromatic N) is 6. The Morgan fingerprint density at radius 2 is 1.84 bits per heavy atom. The first-order valence-electron chi connectivity index (χ1n) is 11.5. The maximum atomic E-state index is 4.94. The van der Waals surface area contributed by atoms with E-state index in [0.29, 0.717) is 5.92 Å². The first kappa shape index (κ1) is 25.4. The normalized spacial score (nSPS) is 19.2. The Kier molecular flexibility index (Phi) is 10.2. The number of rotatable bonds is 7. The standard InChI is InChI=1S/C22H35N7OS.HI/c1-3-21-25-20(17-31-21)16-27-7-4-18(5-8-27)14-24-22(23-2)29-11-9-28(10-12-29)15-19-6-13-30-26-19;/h6,13,17-18H,3-5,7-12,14-16H2,1-2H3,(H,23,24);1H. The second-order valence-electron chi connectivity index (χ2n) is 8.49. The molecule has 0 amide bonds. The van der Waals surface area contributed by atoms with Crippen LogP contribution in [0, 0.1) is 5.92 Å². The number of piperidine rings is 1. The van der Waals surface area contributed by atoms with Gasteiger partial charge in [0.25, 0.3) is 0 Å². The van der Waals surface area contributed by atoms with Gasteiger partial charge < -0.3 is 14.7 Å². The monoisotopic (exact) mass is 573 g/mol. The van der Waals surface area contributed by atoms with Crippen molar-refractivity contribution in [2.24, 2.45) is 10.9 Å². The molecular weight excluding hydrogens is 537 g/mol. The van der Waals surface area contributed by atoms with Crippen LogP contribution in [0.3, 0.4) is 0 Å². The van der Waals surface area contributed by atoms with Crippen LogP contribution in [0.25, 0.3) is 0 Å². The molecule has 0 unspecified atom stereocenters. The van der Waals surface area contributed by atoms with Crippen LogP contribution in [0.2, 0.25) is 0 Å². The van der Waals surface area contributed by atoms with E-state index in [-0.39, 0.29) is 24.0 Å². The zero-order chi connectivity index (χ0) is 21.5. The minimum absolute atomic E-state index is 0. The maximum absolute atomic E-state index is 4.94. The van der Waals surface area contributed by atoms with Crippen LogP contribution >= 0.6 is 35.3 Å². The second-order valence-corrected chi connectivity index (χ2v) is 9.43. The number of piperazine rings is 1. The zero-order valence-corrected chi connectivity index (χ0v) is 22.3. The summed E-state index contributed by atoms with van der Waals surface area (Å²) < 4.78 is 4.94. The minimum Gasteiger partial charge on any atom is -0.364 e. The van der Waals surface area contributed by atoms with E-state index in [1.807, 2.05) is 13.1 Å². The predicted octanol–water partition coefficient (Wildman–Crippen LogP) is 2.92. The Morgan fingerprint density at radius 1 is 1.12 bits per heavy atom. The number of aromatic nitrogens is 2. The van der Waals surface area contributed by atoms with Crippen molar-refractivity contribution < 1.29 is 4.52 Å². The molecule has 2 aliphatic heterocycles. The molecule has 8 nitrogen and oxygen atoms in total. The topological polar surface area (TPSA) is 73.0 Å². The number of hydrogen-bond acceptors (Lipinski definition) is 7. The summed E-state index contributed by atoms with van der Waals surface area (Å²) in [5.41, 5.74) is 2.24. The number of hydrogen-bond donors (Lipinski definition) is 1. The Balaban J connectivity index is 0.00000289.